The van der Waals surface area contributed by atoms with Crippen LogP contribution in [0.5, 0.6) is 0 Å². The van der Waals surface area contributed by atoms with Gasteiger partial charge in [-0.15, -0.1) is 0 Å². The molecule has 0 aromatic rings. The van der Waals surface area contributed by atoms with E-state index < -0.39 is 92.7 Å². The van der Waals surface area contributed by atoms with Crippen LogP contribution in [0.4, 0.5) is 0 Å². The summed E-state index contributed by atoms with van der Waals surface area (Å²) in [6, 6.07) is 0. The van der Waals surface area contributed by atoms with E-state index in [1.807, 2.05) is 0 Å². The van der Waals surface area contributed by atoms with Gasteiger partial charge in [-0.3, -0.25) is 9.59 Å². The van der Waals surface area contributed by atoms with Crippen molar-refractivity contribution in [3.63, 3.8) is 0 Å². The molecular weight excluding hydrogens is 877 g/mol. The maximum absolute atomic E-state index is 13.0. The van der Waals surface area contributed by atoms with Gasteiger partial charge in [0.05, 0.1) is 19.8 Å². The molecular formula is C53H100O15. The first kappa shape index (κ1) is 62.6. The molecule has 68 heavy (non-hydrogen) atoms. The molecule has 2 aliphatic rings. The molecule has 0 spiro atoms. The number of carbonyl (C=O) groups is 2. The Kier molecular flexibility index (Phi) is 37.8. The molecule has 0 radical (unpaired) electrons. The summed E-state index contributed by atoms with van der Waals surface area (Å²) in [7, 11) is 0. The lowest BCUT2D eigenvalue weighted by atomic mass is 9.98. The first-order chi connectivity index (χ1) is 33.0. The molecule has 0 aromatic carbocycles. The Morgan fingerprint density at radius 2 is 0.750 bits per heavy atom. The van der Waals surface area contributed by atoms with Crippen LogP contribution in [0.25, 0.3) is 0 Å². The van der Waals surface area contributed by atoms with Crippen molar-refractivity contribution in [1.82, 2.24) is 0 Å². The number of aliphatic hydroxyl groups excluding tert-OH is 7. The number of ether oxygens (including phenoxy) is 6. The van der Waals surface area contributed by atoms with Crippen LogP contribution in [0.1, 0.15) is 232 Å². The van der Waals surface area contributed by atoms with Gasteiger partial charge in [0.15, 0.2) is 18.7 Å². The molecule has 2 heterocycles. The van der Waals surface area contributed by atoms with Crippen LogP contribution in [0, 0.1) is 0 Å². The predicted molar refractivity (Wildman–Crippen MR) is 262 cm³/mol. The summed E-state index contributed by atoms with van der Waals surface area (Å²) < 4.78 is 33.6. The molecule has 7 N–H and O–H groups in total. The Morgan fingerprint density at radius 1 is 0.412 bits per heavy atom. The second kappa shape index (κ2) is 41.0. The highest BCUT2D eigenvalue weighted by atomic mass is 16.7. The van der Waals surface area contributed by atoms with E-state index in [1.54, 1.807) is 0 Å². The molecule has 2 aliphatic heterocycles. The summed E-state index contributed by atoms with van der Waals surface area (Å²) in [5.74, 6) is -0.908. The largest absolute Gasteiger partial charge is 0.462 e. The Morgan fingerprint density at radius 3 is 1.15 bits per heavy atom. The van der Waals surface area contributed by atoms with Crippen LogP contribution in [0.2, 0.25) is 0 Å². The Hall–Kier alpha value is -1.50. The minimum Gasteiger partial charge on any atom is -0.462 e. The maximum Gasteiger partial charge on any atom is 0.306 e. The van der Waals surface area contributed by atoms with Gasteiger partial charge in [0.25, 0.3) is 0 Å². The standard InChI is InChI=1S/C53H100O15/c1-3-5-7-9-11-13-15-17-18-19-20-21-22-23-24-26-28-30-32-34-36-45(56)66-41(38-63-44(55)35-33-31-29-27-25-16-14-12-10-8-6-4-2)39-64-52-51(62)49(60)47(58)43(68-52)40-65-53-50(61)48(59)46(57)42(37-54)67-53/h41-43,46-54,57-62H,3-40H2,1-2H3. The van der Waals surface area contributed by atoms with Crippen molar-refractivity contribution in [1.29, 1.82) is 0 Å². The van der Waals surface area contributed by atoms with Gasteiger partial charge in [-0.05, 0) is 12.8 Å². The van der Waals surface area contributed by atoms with Crippen LogP contribution < -0.4 is 0 Å². The van der Waals surface area contributed by atoms with Crippen LogP contribution in [-0.2, 0) is 38.0 Å². The number of unbranched alkanes of at least 4 members (excludes halogenated alkanes) is 30. The summed E-state index contributed by atoms with van der Waals surface area (Å²) in [5.41, 5.74) is 0. The maximum atomic E-state index is 13.0. The van der Waals surface area contributed by atoms with Gasteiger partial charge in [-0.1, -0.05) is 206 Å². The van der Waals surface area contributed by atoms with Crippen LogP contribution in [0.15, 0.2) is 0 Å². The Labute approximate surface area is 410 Å². The summed E-state index contributed by atoms with van der Waals surface area (Å²) in [4.78, 5) is 25.8. The molecule has 2 fully saturated rings. The van der Waals surface area contributed by atoms with E-state index in [0.29, 0.717) is 12.8 Å². The fourth-order valence-electron chi connectivity index (χ4n) is 9.04. The summed E-state index contributed by atoms with van der Waals surface area (Å²) in [6.45, 7) is 2.63. The lowest BCUT2D eigenvalue weighted by Gasteiger charge is -2.42. The van der Waals surface area contributed by atoms with Crippen molar-refractivity contribution >= 4 is 11.9 Å². The Balaban J connectivity index is 1.75. The van der Waals surface area contributed by atoms with E-state index in [9.17, 15) is 45.3 Å². The van der Waals surface area contributed by atoms with E-state index in [0.717, 1.165) is 38.5 Å². The third-order valence-corrected chi connectivity index (χ3v) is 13.6. The zero-order valence-corrected chi connectivity index (χ0v) is 42.6. The predicted octanol–water partition coefficient (Wildman–Crippen LogP) is 8.39. The molecule has 11 unspecified atom stereocenters. The molecule has 2 rings (SSSR count). The van der Waals surface area contributed by atoms with Gasteiger partial charge >= 0.3 is 11.9 Å². The van der Waals surface area contributed by atoms with Gasteiger partial charge in [0, 0.05) is 12.8 Å². The fraction of sp³-hybridized carbons (Fsp3) is 0.962. The summed E-state index contributed by atoms with van der Waals surface area (Å²) >= 11 is 0. The highest BCUT2D eigenvalue weighted by Gasteiger charge is 2.47. The highest BCUT2D eigenvalue weighted by Crippen LogP contribution is 2.27. The normalized spacial score (nSPS) is 25.7. The van der Waals surface area contributed by atoms with Gasteiger partial charge in [0.1, 0.15) is 55.4 Å². The molecule has 0 amide bonds. The van der Waals surface area contributed by atoms with Crippen molar-refractivity contribution in [3.05, 3.63) is 0 Å². The highest BCUT2D eigenvalue weighted by molar-refractivity contribution is 5.70. The second-order valence-electron chi connectivity index (χ2n) is 19.8. The van der Waals surface area contributed by atoms with E-state index in [2.05, 4.69) is 13.8 Å². The van der Waals surface area contributed by atoms with Crippen molar-refractivity contribution in [3.8, 4) is 0 Å². The van der Waals surface area contributed by atoms with Crippen LogP contribution in [-0.4, -0.2) is 142 Å². The lowest BCUT2D eigenvalue weighted by molar-refractivity contribution is -0.332. The van der Waals surface area contributed by atoms with Crippen molar-refractivity contribution < 1.29 is 73.8 Å². The van der Waals surface area contributed by atoms with E-state index >= 15 is 0 Å². The zero-order chi connectivity index (χ0) is 49.6. The first-order valence-corrected chi connectivity index (χ1v) is 27.6. The monoisotopic (exact) mass is 977 g/mol. The van der Waals surface area contributed by atoms with Gasteiger partial charge in [0.2, 0.25) is 0 Å². The quantitative estimate of drug-likeness (QED) is 0.0225. The van der Waals surface area contributed by atoms with E-state index in [4.69, 9.17) is 28.4 Å². The Bertz CT molecular complexity index is 1190. The van der Waals surface area contributed by atoms with Crippen LogP contribution in [0.3, 0.4) is 0 Å². The molecule has 11 atom stereocenters. The minimum atomic E-state index is -1.76. The third kappa shape index (κ3) is 28.5. The average Bonchev–Trinajstić information content (AvgIpc) is 3.33. The molecule has 402 valence electrons. The number of aliphatic hydroxyl groups is 7. The topological polar surface area (TPSA) is 231 Å². The zero-order valence-electron chi connectivity index (χ0n) is 42.6. The number of esters is 2. The second-order valence-corrected chi connectivity index (χ2v) is 19.8. The molecule has 2 saturated heterocycles. The summed E-state index contributed by atoms with van der Waals surface area (Å²) in [5, 5.41) is 72.1. The minimum absolute atomic E-state index is 0.174. The lowest BCUT2D eigenvalue weighted by Crippen LogP contribution is -2.61. The summed E-state index contributed by atoms with van der Waals surface area (Å²) in [6.07, 6.45) is 22.7. The van der Waals surface area contributed by atoms with Gasteiger partial charge in [-0.2, -0.15) is 0 Å². The van der Waals surface area contributed by atoms with E-state index in [1.165, 1.54) is 154 Å². The van der Waals surface area contributed by atoms with Crippen molar-refractivity contribution in [2.45, 2.75) is 300 Å². The molecule has 0 aromatic heterocycles. The number of carbonyl (C=O) groups excluding carboxylic acids is 2. The molecule has 0 aliphatic carbocycles. The number of rotatable bonds is 44. The number of hydrogen-bond donors (Lipinski definition) is 7. The smallest absolute Gasteiger partial charge is 0.306 e. The van der Waals surface area contributed by atoms with Crippen LogP contribution >= 0.6 is 0 Å². The molecule has 0 saturated carbocycles. The average molecular weight is 977 g/mol. The SMILES string of the molecule is CCCCCCCCCCCCCCCCCCCCCCC(=O)OC(COC(=O)CCCCCCCCCCCCCC)COC1OC(COC2OC(CO)C(O)C(O)C2O)C(O)C(O)C1O. The fourth-order valence-corrected chi connectivity index (χ4v) is 9.04. The molecule has 0 bridgehead atoms. The third-order valence-electron chi connectivity index (χ3n) is 13.6. The van der Waals surface area contributed by atoms with Crippen molar-refractivity contribution in [2.75, 3.05) is 26.4 Å². The van der Waals surface area contributed by atoms with E-state index in [-0.39, 0.29) is 26.1 Å². The number of hydrogen-bond acceptors (Lipinski definition) is 15. The first-order valence-electron chi connectivity index (χ1n) is 27.6. The molecule has 15 nitrogen and oxygen atoms in total. The van der Waals surface area contributed by atoms with Crippen molar-refractivity contribution in [2.24, 2.45) is 0 Å². The molecule has 15 heteroatoms. The van der Waals surface area contributed by atoms with Gasteiger partial charge < -0.3 is 64.2 Å². The van der Waals surface area contributed by atoms with Gasteiger partial charge in [-0.25, -0.2) is 0 Å².